The van der Waals surface area contributed by atoms with Crippen LogP contribution in [0.1, 0.15) is 17.5 Å². The van der Waals surface area contributed by atoms with Crippen molar-refractivity contribution in [3.05, 3.63) is 122 Å². The molecule has 216 valence electrons. The fraction of sp³-hybridized carbons (Fsp3) is 0.0968. The van der Waals surface area contributed by atoms with Crippen LogP contribution < -0.4 is 15.1 Å². The van der Waals surface area contributed by atoms with Gasteiger partial charge in [-0.1, -0.05) is 59.6 Å². The molecule has 2 aliphatic heterocycles. The average molecular weight is 616 g/mol. The zero-order chi connectivity index (χ0) is 30.7. The Morgan fingerprint density at radius 2 is 1.56 bits per heavy atom. The van der Waals surface area contributed by atoms with Crippen molar-refractivity contribution < 1.29 is 19.3 Å². The predicted octanol–water partition coefficient (Wildman–Crippen LogP) is 6.41. The fourth-order valence-electron chi connectivity index (χ4n) is 4.68. The normalized spacial score (nSPS) is 14.3. The molecule has 0 aromatic heterocycles. The highest BCUT2D eigenvalue weighted by Crippen LogP contribution is 2.39. The van der Waals surface area contributed by atoms with Gasteiger partial charge in [-0.25, -0.2) is 0 Å². The van der Waals surface area contributed by atoms with Crippen LogP contribution in [0, 0.1) is 10.1 Å². The summed E-state index contributed by atoms with van der Waals surface area (Å²) >= 11 is 12.3. The smallest absolute Gasteiger partial charge is 0.270 e. The quantitative estimate of drug-likeness (QED) is 0.162. The number of para-hydroxylation sites is 1. The number of benzene rings is 4. The van der Waals surface area contributed by atoms with E-state index in [1.54, 1.807) is 54.4 Å². The Labute approximate surface area is 256 Å². The van der Waals surface area contributed by atoms with Crippen LogP contribution >= 0.6 is 23.2 Å². The van der Waals surface area contributed by atoms with Crippen LogP contribution in [-0.2, 0) is 14.4 Å². The van der Waals surface area contributed by atoms with Crippen molar-refractivity contribution in [3.63, 3.8) is 0 Å². The molecule has 0 saturated heterocycles. The van der Waals surface area contributed by atoms with Crippen molar-refractivity contribution in [1.82, 2.24) is 0 Å². The molecule has 6 rings (SSSR count). The summed E-state index contributed by atoms with van der Waals surface area (Å²) in [6.07, 6.45) is -0.169. The van der Waals surface area contributed by atoms with Gasteiger partial charge < -0.3 is 10.2 Å². The molecule has 0 aliphatic carbocycles. The number of nitrogens with one attached hydrogen (secondary N) is 1. The van der Waals surface area contributed by atoms with E-state index >= 15 is 0 Å². The summed E-state index contributed by atoms with van der Waals surface area (Å²) in [6, 6.07) is 25.7. The number of amides is 3. The van der Waals surface area contributed by atoms with E-state index in [-0.39, 0.29) is 36.4 Å². The number of hydrogen-bond acceptors (Lipinski definition) is 6. The number of nitro groups is 1. The van der Waals surface area contributed by atoms with Crippen LogP contribution in [0.5, 0.6) is 0 Å². The van der Waals surface area contributed by atoms with Crippen molar-refractivity contribution >= 4 is 75.1 Å². The minimum absolute atomic E-state index is 0.0664. The lowest BCUT2D eigenvalue weighted by atomic mass is 10.00. The molecular weight excluding hydrogens is 593 g/mol. The molecule has 12 heteroatoms. The Morgan fingerprint density at radius 1 is 0.837 bits per heavy atom. The maximum absolute atomic E-state index is 12.5. The lowest BCUT2D eigenvalue weighted by Gasteiger charge is -2.24. The molecule has 0 unspecified atom stereocenters. The van der Waals surface area contributed by atoms with Gasteiger partial charge in [-0.05, 0) is 42.5 Å². The molecule has 0 saturated carbocycles. The molecule has 0 atom stereocenters. The highest BCUT2D eigenvalue weighted by atomic mass is 35.5. The van der Waals surface area contributed by atoms with E-state index in [1.165, 1.54) is 23.1 Å². The number of rotatable bonds is 3. The molecule has 0 radical (unpaired) electrons. The van der Waals surface area contributed by atoms with E-state index in [2.05, 4.69) is 10.3 Å². The first-order chi connectivity index (χ1) is 20.6. The van der Waals surface area contributed by atoms with Gasteiger partial charge in [0, 0.05) is 46.0 Å². The van der Waals surface area contributed by atoms with E-state index in [9.17, 15) is 24.5 Å². The zero-order valence-electron chi connectivity index (χ0n) is 22.7. The Balaban J connectivity index is 0.000000171. The lowest BCUT2D eigenvalue weighted by Crippen LogP contribution is -2.28. The third-order valence-electron chi connectivity index (χ3n) is 6.73. The molecule has 2 heterocycles. The number of hydrogen-bond donors (Lipinski definition) is 1. The zero-order valence-corrected chi connectivity index (χ0v) is 24.2. The van der Waals surface area contributed by atoms with Gasteiger partial charge >= 0.3 is 0 Å². The number of carbonyl (C=O) groups excluding carboxylic acids is 3. The van der Waals surface area contributed by atoms with Crippen LogP contribution in [-0.4, -0.2) is 41.9 Å². The third kappa shape index (κ3) is 6.25. The molecule has 10 nitrogen and oxygen atoms in total. The lowest BCUT2D eigenvalue weighted by molar-refractivity contribution is -0.384. The maximum atomic E-state index is 12.5. The second kappa shape index (κ2) is 12.4. The Kier molecular flexibility index (Phi) is 8.51. The molecule has 1 N–H and O–H groups in total. The largest absolute Gasteiger partial charge is 0.324 e. The Morgan fingerprint density at radius 3 is 2.28 bits per heavy atom. The van der Waals surface area contributed by atoms with Gasteiger partial charge in [0.15, 0.2) is 0 Å². The van der Waals surface area contributed by atoms with Crippen molar-refractivity contribution in [1.29, 1.82) is 0 Å². The monoisotopic (exact) mass is 615 g/mol. The number of nitro benzene ring substituents is 1. The van der Waals surface area contributed by atoms with Gasteiger partial charge in [0.2, 0.25) is 17.7 Å². The van der Waals surface area contributed by atoms with Gasteiger partial charge in [0.1, 0.15) is 13.0 Å². The minimum Gasteiger partial charge on any atom is -0.324 e. The number of non-ortho nitro benzene ring substituents is 1. The number of anilines is 4. The molecule has 4 aromatic rings. The summed E-state index contributed by atoms with van der Waals surface area (Å²) in [7, 11) is 1.66. The highest BCUT2D eigenvalue weighted by Gasteiger charge is 2.31. The third-order valence-corrected chi connectivity index (χ3v) is 7.30. The number of aliphatic imine (C=N–C) groups is 1. The summed E-state index contributed by atoms with van der Waals surface area (Å²) in [5, 5.41) is 14.7. The Hall–Kier alpha value is -5.06. The molecule has 0 spiro atoms. The molecular formula is C31H23Cl2N5O5. The summed E-state index contributed by atoms with van der Waals surface area (Å²) in [4.78, 5) is 54.1. The predicted molar refractivity (Wildman–Crippen MR) is 167 cm³/mol. The first-order valence-corrected chi connectivity index (χ1v) is 13.7. The van der Waals surface area contributed by atoms with Crippen molar-refractivity contribution in [3.8, 4) is 0 Å². The van der Waals surface area contributed by atoms with Crippen LogP contribution in [0.3, 0.4) is 0 Å². The first kappa shape index (κ1) is 29.4. The average Bonchev–Trinajstić information content (AvgIpc) is 3.20. The summed E-state index contributed by atoms with van der Waals surface area (Å²) in [6.45, 7) is -0.0664. The number of nitrogens with zero attached hydrogens (tertiary/aromatic N) is 4. The molecule has 0 bridgehead atoms. The number of benzodiazepines with no additional fused rings is 1. The fourth-order valence-corrected chi connectivity index (χ4v) is 5.07. The van der Waals surface area contributed by atoms with Crippen LogP contribution in [0.15, 0.2) is 96.0 Å². The van der Waals surface area contributed by atoms with Gasteiger partial charge in [0.25, 0.3) is 5.69 Å². The maximum Gasteiger partial charge on any atom is 0.270 e. The molecule has 3 amide bonds. The summed E-state index contributed by atoms with van der Waals surface area (Å²) in [5.41, 5.74) is 3.97. The summed E-state index contributed by atoms with van der Waals surface area (Å²) in [5.74, 6) is -0.779. The Bertz CT molecular complexity index is 1790. The van der Waals surface area contributed by atoms with Gasteiger partial charge in [-0.2, -0.15) is 0 Å². The highest BCUT2D eigenvalue weighted by molar-refractivity contribution is 6.36. The standard InChI is InChI=1S/C16H13ClN2O2.C15H10ClN3O3/c1-18-13-8-7-11(17)9-14(13)19(16(21)10-15(18)20)12-5-3-2-4-6-12;16-12-4-2-1-3-10(12)15-11-7-9(19(21)22)5-6-13(11)18-14(20)8-17-15/h2-9H,10H2,1H3;1-7H,8H2,(H,18,20). The minimum atomic E-state index is -0.489. The number of fused-ring (bicyclic) bond motifs is 2. The van der Waals surface area contributed by atoms with Gasteiger partial charge in [-0.3, -0.25) is 34.4 Å². The van der Waals surface area contributed by atoms with Crippen molar-refractivity contribution in [2.75, 3.05) is 28.7 Å². The SMILES string of the molecule is CN1C(=O)CC(=O)N(c2ccccc2)c2cc(Cl)ccc21.O=C1CN=C(c2ccccc2Cl)c2cc([N+](=O)[O-])ccc2N1. The summed E-state index contributed by atoms with van der Waals surface area (Å²) < 4.78 is 0. The second-order valence-electron chi connectivity index (χ2n) is 9.51. The van der Waals surface area contributed by atoms with E-state index in [4.69, 9.17) is 23.2 Å². The number of halogens is 2. The van der Waals surface area contributed by atoms with E-state index in [1.807, 2.05) is 30.3 Å². The van der Waals surface area contributed by atoms with Crippen LogP contribution in [0.25, 0.3) is 0 Å². The van der Waals surface area contributed by atoms with Gasteiger partial charge in [0.05, 0.1) is 27.7 Å². The van der Waals surface area contributed by atoms with Crippen molar-refractivity contribution in [2.45, 2.75) is 6.42 Å². The van der Waals surface area contributed by atoms with Crippen molar-refractivity contribution in [2.24, 2.45) is 4.99 Å². The molecule has 2 aliphatic rings. The van der Waals surface area contributed by atoms with E-state index in [0.717, 1.165) is 0 Å². The van der Waals surface area contributed by atoms with Gasteiger partial charge in [-0.15, -0.1) is 0 Å². The second-order valence-corrected chi connectivity index (χ2v) is 10.4. The molecule has 43 heavy (non-hydrogen) atoms. The topological polar surface area (TPSA) is 125 Å². The van der Waals surface area contributed by atoms with E-state index < -0.39 is 4.92 Å². The van der Waals surface area contributed by atoms with E-state index in [0.29, 0.717) is 49.6 Å². The van der Waals surface area contributed by atoms with Crippen LogP contribution in [0.4, 0.5) is 28.4 Å². The first-order valence-electron chi connectivity index (χ1n) is 13.0. The number of carbonyl (C=O) groups is 3. The van der Waals surface area contributed by atoms with Crippen LogP contribution in [0.2, 0.25) is 10.0 Å². The molecule has 0 fully saturated rings. The molecule has 4 aromatic carbocycles.